The first kappa shape index (κ1) is 24.7. The van der Waals surface area contributed by atoms with Gasteiger partial charge in [-0.3, -0.25) is 14.3 Å². The third-order valence-electron chi connectivity index (χ3n) is 6.95. The predicted octanol–water partition coefficient (Wildman–Crippen LogP) is 4.60. The summed E-state index contributed by atoms with van der Waals surface area (Å²) in [5.74, 6) is 0.816. The Morgan fingerprint density at radius 2 is 2.03 bits per heavy atom. The quantitative estimate of drug-likeness (QED) is 0.413. The van der Waals surface area contributed by atoms with Crippen LogP contribution in [0.5, 0.6) is 5.75 Å². The van der Waals surface area contributed by atoms with Crippen LogP contribution in [0.3, 0.4) is 0 Å². The number of pyridine rings is 1. The summed E-state index contributed by atoms with van der Waals surface area (Å²) in [6.07, 6.45) is 4.31. The molecule has 36 heavy (non-hydrogen) atoms. The van der Waals surface area contributed by atoms with E-state index < -0.39 is 0 Å². The number of aryl methyl sites for hydroxylation is 2. The molecule has 0 amide bonds. The van der Waals surface area contributed by atoms with Crippen LogP contribution >= 0.6 is 22.9 Å². The molecule has 1 atom stereocenters. The van der Waals surface area contributed by atoms with Crippen molar-refractivity contribution in [2.45, 2.75) is 39.8 Å². The van der Waals surface area contributed by atoms with Crippen molar-refractivity contribution in [3.05, 3.63) is 79.0 Å². The molecule has 0 spiro atoms. The van der Waals surface area contributed by atoms with Crippen LogP contribution in [-0.4, -0.2) is 33.3 Å². The largest absolute Gasteiger partial charge is 0.488 e. The van der Waals surface area contributed by atoms with E-state index in [9.17, 15) is 9.59 Å². The zero-order valence-corrected chi connectivity index (χ0v) is 22.4. The van der Waals surface area contributed by atoms with Gasteiger partial charge in [-0.25, -0.2) is 4.79 Å². The van der Waals surface area contributed by atoms with Gasteiger partial charge in [-0.2, -0.15) is 0 Å². The highest BCUT2D eigenvalue weighted by atomic mass is 35.5. The summed E-state index contributed by atoms with van der Waals surface area (Å²) in [5.41, 5.74) is 3.01. The smallest absolute Gasteiger partial charge is 0.331 e. The number of hydrogen-bond donors (Lipinski definition) is 1. The summed E-state index contributed by atoms with van der Waals surface area (Å²) in [7, 11) is 1.63. The lowest BCUT2D eigenvalue weighted by Crippen LogP contribution is -2.49. The van der Waals surface area contributed by atoms with Crippen LogP contribution in [0.2, 0.25) is 5.02 Å². The number of hydrogen-bond acceptors (Lipinski definition) is 6. The molecule has 0 aliphatic carbocycles. The highest BCUT2D eigenvalue weighted by Gasteiger charge is 2.35. The Hall–Kier alpha value is -2.94. The lowest BCUT2D eigenvalue weighted by atomic mass is 9.80. The van der Waals surface area contributed by atoms with Gasteiger partial charge in [0, 0.05) is 58.5 Å². The van der Waals surface area contributed by atoms with Gasteiger partial charge in [-0.15, -0.1) is 11.3 Å². The highest BCUT2D eigenvalue weighted by molar-refractivity contribution is 7.19. The highest BCUT2D eigenvalue weighted by Crippen LogP contribution is 2.43. The molecule has 1 aliphatic rings. The number of rotatable bonds is 5. The maximum absolute atomic E-state index is 12.5. The minimum atomic E-state index is -0.349. The van der Waals surface area contributed by atoms with Crippen molar-refractivity contribution in [2.24, 2.45) is 12.5 Å². The lowest BCUT2D eigenvalue weighted by molar-refractivity contribution is 0.0455. The molecule has 1 aliphatic heterocycles. The maximum Gasteiger partial charge on any atom is 0.331 e. The summed E-state index contributed by atoms with van der Waals surface area (Å²) < 4.78 is 10.3. The van der Waals surface area contributed by atoms with Gasteiger partial charge in [0.1, 0.15) is 11.9 Å². The molecule has 1 unspecified atom stereocenters. The van der Waals surface area contributed by atoms with E-state index in [1.165, 1.54) is 32.7 Å². The Kier molecular flexibility index (Phi) is 6.53. The molecule has 9 heteroatoms. The first-order valence-electron chi connectivity index (χ1n) is 12.0. The summed E-state index contributed by atoms with van der Waals surface area (Å²) in [5, 5.41) is 4.09. The van der Waals surface area contributed by atoms with E-state index in [-0.39, 0.29) is 29.3 Å². The van der Waals surface area contributed by atoms with Crippen molar-refractivity contribution in [2.75, 3.05) is 13.1 Å². The van der Waals surface area contributed by atoms with Crippen LogP contribution in [0, 0.1) is 12.3 Å². The van der Waals surface area contributed by atoms with Gasteiger partial charge >= 0.3 is 5.69 Å². The average molecular weight is 525 g/mol. The Balaban J connectivity index is 1.60. The van der Waals surface area contributed by atoms with E-state index in [4.69, 9.17) is 16.3 Å². The monoisotopic (exact) mass is 524 g/mol. The molecule has 4 heterocycles. The molecule has 4 aromatic rings. The van der Waals surface area contributed by atoms with Gasteiger partial charge in [-0.05, 0) is 49.7 Å². The van der Waals surface area contributed by atoms with Gasteiger partial charge in [0.25, 0.3) is 5.56 Å². The van der Waals surface area contributed by atoms with Gasteiger partial charge < -0.3 is 14.6 Å². The molecule has 1 aromatic carbocycles. The number of nitrogens with zero attached hydrogens (tertiary/aromatic N) is 3. The minimum absolute atomic E-state index is 0.0160. The normalized spacial score (nSPS) is 17.4. The number of fused-ring (bicyclic) bond motifs is 1. The molecule has 1 fully saturated rings. The Bertz CT molecular complexity index is 1570. The fraction of sp³-hybridized carbons (Fsp3) is 0.370. The Morgan fingerprint density at radius 3 is 2.81 bits per heavy atom. The summed E-state index contributed by atoms with van der Waals surface area (Å²) in [6.45, 7) is 8.46. The van der Waals surface area contributed by atoms with Crippen molar-refractivity contribution in [1.82, 2.24) is 19.4 Å². The number of piperidine rings is 1. The van der Waals surface area contributed by atoms with Crippen molar-refractivity contribution >= 4 is 33.2 Å². The zero-order chi connectivity index (χ0) is 25.6. The van der Waals surface area contributed by atoms with Gasteiger partial charge in [0.05, 0.1) is 16.8 Å². The van der Waals surface area contributed by atoms with Crippen molar-refractivity contribution in [3.8, 4) is 16.9 Å². The summed E-state index contributed by atoms with van der Waals surface area (Å²) in [6, 6.07) is 9.18. The first-order chi connectivity index (χ1) is 17.1. The molecule has 188 valence electrons. The molecule has 1 saturated heterocycles. The topological polar surface area (TPSA) is 78.2 Å². The van der Waals surface area contributed by atoms with Crippen LogP contribution in [0.25, 0.3) is 21.3 Å². The zero-order valence-electron chi connectivity index (χ0n) is 20.8. The third kappa shape index (κ3) is 4.61. The molecule has 0 saturated carbocycles. The average Bonchev–Trinajstić information content (AvgIpc) is 3.24. The van der Waals surface area contributed by atoms with Crippen molar-refractivity contribution in [3.63, 3.8) is 0 Å². The van der Waals surface area contributed by atoms with Crippen LogP contribution in [0.15, 0.2) is 52.3 Å². The van der Waals surface area contributed by atoms with E-state index in [0.717, 1.165) is 57.0 Å². The Morgan fingerprint density at radius 1 is 1.22 bits per heavy atom. The van der Waals surface area contributed by atoms with E-state index >= 15 is 0 Å². The lowest BCUT2D eigenvalue weighted by Gasteiger charge is -2.39. The molecule has 3 aromatic heterocycles. The Labute approximate surface area is 218 Å². The number of ether oxygens (including phenoxy) is 1. The van der Waals surface area contributed by atoms with Crippen molar-refractivity contribution < 1.29 is 4.74 Å². The molecule has 1 N–H and O–H groups in total. The number of benzene rings is 1. The number of thiophene rings is 1. The van der Waals surface area contributed by atoms with Gasteiger partial charge in [0.2, 0.25) is 0 Å². The van der Waals surface area contributed by atoms with E-state index in [1.807, 2.05) is 31.2 Å². The van der Waals surface area contributed by atoms with Gasteiger partial charge in [-0.1, -0.05) is 25.4 Å². The third-order valence-corrected chi connectivity index (χ3v) is 8.31. The molecular formula is C27H29ClN4O3S. The molecular weight excluding hydrogens is 496 g/mol. The van der Waals surface area contributed by atoms with Crippen LogP contribution in [0.1, 0.15) is 30.7 Å². The second kappa shape index (κ2) is 9.50. The summed E-state index contributed by atoms with van der Waals surface area (Å²) >= 11 is 8.05. The molecule has 0 bridgehead atoms. The van der Waals surface area contributed by atoms with Crippen molar-refractivity contribution in [1.29, 1.82) is 0 Å². The predicted molar refractivity (Wildman–Crippen MR) is 146 cm³/mol. The van der Waals surface area contributed by atoms with E-state index in [1.54, 1.807) is 13.2 Å². The first-order valence-corrected chi connectivity index (χ1v) is 13.2. The summed E-state index contributed by atoms with van der Waals surface area (Å²) in [4.78, 5) is 30.3. The van der Waals surface area contributed by atoms with Crippen LogP contribution in [-0.2, 0) is 13.6 Å². The second-order valence-electron chi connectivity index (χ2n) is 10.1. The van der Waals surface area contributed by atoms with E-state index in [2.05, 4.69) is 24.1 Å². The molecule has 5 rings (SSSR count). The number of nitrogens with one attached hydrogen (secondary N) is 1. The van der Waals surface area contributed by atoms with Gasteiger partial charge in [0.15, 0.2) is 0 Å². The second-order valence-corrected chi connectivity index (χ2v) is 11.6. The standard InChI is InChI=1S/C27H29ClN4O3S/c1-16-11-17(28)12-20(24(16)35-22-14-29-9-7-27(22,2)3)19-5-8-30-21-13-18(36-25(19)21)15-32-23(33)6-10-31(4)26(32)34/h5-6,8,10-13,22,29H,7,9,14-15H2,1-4H3. The van der Waals surface area contributed by atoms with E-state index in [0.29, 0.717) is 5.02 Å². The SMILES string of the molecule is Cc1cc(Cl)cc(-c2ccnc3cc(Cn4c(=O)ccn(C)c4=O)sc23)c1OC1CNCCC1(C)C. The maximum atomic E-state index is 12.5. The number of aromatic nitrogens is 3. The fourth-order valence-corrected chi connectivity index (χ4v) is 6.11. The fourth-order valence-electron chi connectivity index (χ4n) is 4.70. The van der Waals surface area contributed by atoms with Crippen LogP contribution in [0.4, 0.5) is 0 Å². The molecule has 0 radical (unpaired) electrons. The van der Waals surface area contributed by atoms with Crippen LogP contribution < -0.4 is 21.3 Å². The molecule has 7 nitrogen and oxygen atoms in total. The number of halogens is 1. The minimum Gasteiger partial charge on any atom is -0.488 e.